The molecule has 144 valence electrons. The molecule has 2 unspecified atom stereocenters. The smallest absolute Gasteiger partial charge is 0.194 e. The lowest BCUT2D eigenvalue weighted by Crippen LogP contribution is -2.53. The van der Waals surface area contributed by atoms with Gasteiger partial charge < -0.3 is 24.4 Å². The zero-order valence-electron chi connectivity index (χ0n) is 15.5. The summed E-state index contributed by atoms with van der Waals surface area (Å²) in [4.78, 5) is 6.60. The molecule has 2 heterocycles. The maximum absolute atomic E-state index is 13.7. The average molecular weight is 365 g/mol. The highest BCUT2D eigenvalue weighted by atomic mass is 19.1. The summed E-state index contributed by atoms with van der Waals surface area (Å²) in [6.07, 6.45) is 2.43. The molecule has 0 spiro atoms. The van der Waals surface area contributed by atoms with Crippen LogP contribution in [0.3, 0.4) is 0 Å². The third-order valence-electron chi connectivity index (χ3n) is 4.84. The van der Waals surface area contributed by atoms with Gasteiger partial charge in [0.05, 0.1) is 19.3 Å². The maximum atomic E-state index is 13.7. The number of aliphatic imine (C=N–C) groups is 1. The van der Waals surface area contributed by atoms with Crippen molar-refractivity contribution in [2.24, 2.45) is 4.99 Å². The van der Waals surface area contributed by atoms with Crippen molar-refractivity contribution in [1.82, 2.24) is 10.2 Å². The zero-order valence-corrected chi connectivity index (χ0v) is 15.5. The summed E-state index contributed by atoms with van der Waals surface area (Å²) in [5.41, 5.74) is 1.55. The summed E-state index contributed by atoms with van der Waals surface area (Å²) in [6.45, 7) is 3.89. The number of ether oxygens (including phenoxy) is 3. The fourth-order valence-corrected chi connectivity index (χ4v) is 3.51. The summed E-state index contributed by atoms with van der Waals surface area (Å²) >= 11 is 0. The van der Waals surface area contributed by atoms with Crippen LogP contribution in [0, 0.1) is 5.82 Å². The van der Waals surface area contributed by atoms with Crippen LogP contribution in [0.15, 0.2) is 23.2 Å². The van der Waals surface area contributed by atoms with Gasteiger partial charge in [-0.3, -0.25) is 4.99 Å². The van der Waals surface area contributed by atoms with Crippen LogP contribution < -0.4 is 5.32 Å². The van der Waals surface area contributed by atoms with E-state index in [1.54, 1.807) is 20.2 Å². The van der Waals surface area contributed by atoms with Gasteiger partial charge in [-0.05, 0) is 30.5 Å². The molecule has 1 aromatic carbocycles. The predicted octanol–water partition coefficient (Wildman–Crippen LogP) is 1.93. The van der Waals surface area contributed by atoms with E-state index in [1.165, 1.54) is 6.07 Å². The van der Waals surface area contributed by atoms with Crippen molar-refractivity contribution < 1.29 is 18.6 Å². The molecule has 0 aromatic heterocycles. The molecule has 0 amide bonds. The first-order chi connectivity index (χ1) is 12.7. The summed E-state index contributed by atoms with van der Waals surface area (Å²) in [5, 5.41) is 3.37. The number of guanidine groups is 1. The van der Waals surface area contributed by atoms with Crippen LogP contribution in [0.25, 0.3) is 0 Å². The highest BCUT2D eigenvalue weighted by Crippen LogP contribution is 2.21. The third-order valence-corrected chi connectivity index (χ3v) is 4.84. The van der Waals surface area contributed by atoms with Gasteiger partial charge in [-0.1, -0.05) is 6.07 Å². The number of morpholine rings is 1. The number of halogens is 1. The molecule has 0 aliphatic carbocycles. The molecule has 2 saturated heterocycles. The van der Waals surface area contributed by atoms with Crippen molar-refractivity contribution in [3.8, 4) is 0 Å². The van der Waals surface area contributed by atoms with Gasteiger partial charge >= 0.3 is 0 Å². The molecule has 2 aliphatic heterocycles. The number of methoxy groups -OCH3 is 1. The van der Waals surface area contributed by atoms with Crippen LogP contribution in [0.4, 0.5) is 4.39 Å². The number of hydrogen-bond donors (Lipinski definition) is 1. The normalized spacial score (nSPS) is 24.1. The SMILES string of the molecule is CN=C(NCc1ccc(F)c(COC)c1)N1CCOC(C2CCCO2)C1. The maximum Gasteiger partial charge on any atom is 0.194 e. The largest absolute Gasteiger partial charge is 0.380 e. The van der Waals surface area contributed by atoms with E-state index in [0.717, 1.165) is 44.1 Å². The van der Waals surface area contributed by atoms with Gasteiger partial charge in [0.25, 0.3) is 0 Å². The first kappa shape index (κ1) is 19.1. The fraction of sp³-hybridized carbons (Fsp3) is 0.632. The molecule has 6 nitrogen and oxygen atoms in total. The van der Waals surface area contributed by atoms with E-state index in [4.69, 9.17) is 14.2 Å². The number of nitrogens with zero attached hydrogens (tertiary/aromatic N) is 2. The molecule has 26 heavy (non-hydrogen) atoms. The first-order valence-electron chi connectivity index (χ1n) is 9.16. The Morgan fingerprint density at radius 3 is 2.92 bits per heavy atom. The third kappa shape index (κ3) is 4.72. The Labute approximate surface area is 154 Å². The van der Waals surface area contributed by atoms with Gasteiger partial charge in [0.2, 0.25) is 0 Å². The summed E-state index contributed by atoms with van der Waals surface area (Å²) < 4.78 is 30.5. The monoisotopic (exact) mass is 365 g/mol. The van der Waals surface area contributed by atoms with Gasteiger partial charge in [-0.15, -0.1) is 0 Å². The van der Waals surface area contributed by atoms with Crippen LogP contribution in [0.1, 0.15) is 24.0 Å². The molecule has 3 rings (SSSR count). The molecule has 0 bridgehead atoms. The number of rotatable bonds is 5. The van der Waals surface area contributed by atoms with Gasteiger partial charge in [0.15, 0.2) is 5.96 Å². The topological polar surface area (TPSA) is 55.3 Å². The van der Waals surface area contributed by atoms with Crippen molar-refractivity contribution in [3.05, 3.63) is 35.1 Å². The van der Waals surface area contributed by atoms with Crippen molar-refractivity contribution in [3.63, 3.8) is 0 Å². The molecule has 7 heteroatoms. The Balaban J connectivity index is 1.58. The van der Waals surface area contributed by atoms with Gasteiger partial charge in [0, 0.05) is 46.0 Å². The Hall–Kier alpha value is -1.70. The lowest BCUT2D eigenvalue weighted by molar-refractivity contribution is -0.0817. The van der Waals surface area contributed by atoms with Crippen LogP contribution >= 0.6 is 0 Å². The van der Waals surface area contributed by atoms with Crippen molar-refractivity contribution in [1.29, 1.82) is 0 Å². The van der Waals surface area contributed by atoms with Crippen LogP contribution in [0.5, 0.6) is 0 Å². The van der Waals surface area contributed by atoms with Gasteiger partial charge in [0.1, 0.15) is 11.9 Å². The second-order valence-electron chi connectivity index (χ2n) is 6.67. The standard InChI is InChI=1S/C19H28FN3O3/c1-21-19(22-11-14-5-6-16(20)15(10-14)13-24-2)23-7-9-26-18(12-23)17-4-3-8-25-17/h5-6,10,17-18H,3-4,7-9,11-13H2,1-2H3,(H,21,22). The minimum Gasteiger partial charge on any atom is -0.380 e. The molecular weight excluding hydrogens is 337 g/mol. The van der Waals surface area contributed by atoms with Gasteiger partial charge in [-0.25, -0.2) is 4.39 Å². The highest BCUT2D eigenvalue weighted by Gasteiger charge is 2.32. The summed E-state index contributed by atoms with van der Waals surface area (Å²) in [7, 11) is 3.34. The van der Waals surface area contributed by atoms with E-state index in [2.05, 4.69) is 15.2 Å². The lowest BCUT2D eigenvalue weighted by atomic mass is 10.1. The number of benzene rings is 1. The average Bonchev–Trinajstić information content (AvgIpc) is 3.20. The van der Waals surface area contributed by atoms with E-state index in [1.807, 2.05) is 6.07 Å². The van der Waals surface area contributed by atoms with Gasteiger partial charge in [-0.2, -0.15) is 0 Å². The minimum absolute atomic E-state index is 0.0870. The van der Waals surface area contributed by atoms with E-state index >= 15 is 0 Å². The van der Waals surface area contributed by atoms with E-state index < -0.39 is 0 Å². The molecular formula is C19H28FN3O3. The lowest BCUT2D eigenvalue weighted by Gasteiger charge is -2.37. The van der Waals surface area contributed by atoms with Crippen molar-refractivity contribution >= 4 is 5.96 Å². The molecule has 0 radical (unpaired) electrons. The second-order valence-corrected chi connectivity index (χ2v) is 6.67. The van der Waals surface area contributed by atoms with E-state index in [-0.39, 0.29) is 24.6 Å². The predicted molar refractivity (Wildman–Crippen MR) is 97.6 cm³/mol. The van der Waals surface area contributed by atoms with E-state index in [9.17, 15) is 4.39 Å². The van der Waals surface area contributed by atoms with Crippen LogP contribution in [0.2, 0.25) is 0 Å². The molecule has 2 atom stereocenters. The fourth-order valence-electron chi connectivity index (χ4n) is 3.51. The number of hydrogen-bond acceptors (Lipinski definition) is 4. The minimum atomic E-state index is -0.243. The summed E-state index contributed by atoms with van der Waals surface area (Å²) in [5.74, 6) is 0.585. The molecule has 0 saturated carbocycles. The Morgan fingerprint density at radius 1 is 1.35 bits per heavy atom. The quantitative estimate of drug-likeness (QED) is 0.638. The molecule has 2 aliphatic rings. The Morgan fingerprint density at radius 2 is 2.19 bits per heavy atom. The zero-order chi connectivity index (χ0) is 18.4. The Kier molecular flexibility index (Phi) is 6.82. The van der Waals surface area contributed by atoms with Crippen LogP contribution in [-0.4, -0.2) is 63.5 Å². The molecule has 1 N–H and O–H groups in total. The van der Waals surface area contributed by atoms with Crippen molar-refractivity contribution in [2.45, 2.75) is 38.2 Å². The number of nitrogens with one attached hydrogen (secondary N) is 1. The second kappa shape index (κ2) is 9.30. The molecule has 2 fully saturated rings. The first-order valence-corrected chi connectivity index (χ1v) is 9.16. The van der Waals surface area contributed by atoms with Crippen molar-refractivity contribution in [2.75, 3.05) is 40.5 Å². The highest BCUT2D eigenvalue weighted by molar-refractivity contribution is 5.80. The summed E-state index contributed by atoms with van der Waals surface area (Å²) in [6, 6.07) is 5.09. The Bertz CT molecular complexity index is 620. The van der Waals surface area contributed by atoms with Crippen LogP contribution in [-0.2, 0) is 27.4 Å². The molecule has 1 aromatic rings. The van der Waals surface area contributed by atoms with E-state index in [0.29, 0.717) is 18.7 Å².